The van der Waals surface area contributed by atoms with Crippen LogP contribution < -0.4 is 10.5 Å². The second-order valence-electron chi connectivity index (χ2n) is 3.75. The van der Waals surface area contributed by atoms with Crippen molar-refractivity contribution in [2.24, 2.45) is 0 Å². The zero-order valence-electron chi connectivity index (χ0n) is 9.38. The van der Waals surface area contributed by atoms with Crippen LogP contribution in [0.15, 0.2) is 24.3 Å². The van der Waals surface area contributed by atoms with Crippen molar-refractivity contribution in [2.75, 3.05) is 12.3 Å². The summed E-state index contributed by atoms with van der Waals surface area (Å²) >= 11 is 0. The number of hydrogen-bond donors (Lipinski definition) is 3. The van der Waals surface area contributed by atoms with E-state index in [2.05, 4.69) is 0 Å². The lowest BCUT2D eigenvalue weighted by molar-refractivity contribution is -0.000455. The van der Waals surface area contributed by atoms with Gasteiger partial charge in [0.15, 0.2) is 0 Å². The Hall–Kier alpha value is -1.25. The molecule has 18 heavy (non-hydrogen) atoms. The first-order chi connectivity index (χ1) is 8.30. The summed E-state index contributed by atoms with van der Waals surface area (Å²) in [6.07, 6.45) is -5.00. The van der Waals surface area contributed by atoms with Crippen molar-refractivity contribution < 1.29 is 22.3 Å². The molecule has 1 atom stereocenters. The van der Waals surface area contributed by atoms with Gasteiger partial charge >= 0.3 is 0 Å². The number of anilines is 1. The van der Waals surface area contributed by atoms with Crippen LogP contribution in [0.2, 0.25) is 0 Å². The van der Waals surface area contributed by atoms with Crippen LogP contribution in [0.5, 0.6) is 0 Å². The third-order valence-corrected chi connectivity index (χ3v) is 3.43. The van der Waals surface area contributed by atoms with E-state index < -0.39 is 29.1 Å². The van der Waals surface area contributed by atoms with Crippen molar-refractivity contribution in [3.8, 4) is 0 Å². The summed E-state index contributed by atoms with van der Waals surface area (Å²) in [5.41, 5.74) is 6.34. The summed E-state index contributed by atoms with van der Waals surface area (Å²) in [6, 6.07) is 6.22. The maximum absolute atomic E-state index is 12.0. The Morgan fingerprint density at radius 1 is 1.39 bits per heavy atom. The lowest BCUT2D eigenvalue weighted by Crippen LogP contribution is -2.36. The van der Waals surface area contributed by atoms with Gasteiger partial charge in [-0.2, -0.15) is 0 Å². The first-order valence-electron chi connectivity index (χ1n) is 5.08. The second kappa shape index (κ2) is 6.07. The van der Waals surface area contributed by atoms with Crippen LogP contribution >= 0.6 is 0 Å². The number of hydrogen-bond acceptors (Lipinski definition) is 4. The Bertz CT molecular complexity index is 494. The molecule has 1 unspecified atom stereocenters. The Kier molecular flexibility index (Phi) is 5.00. The van der Waals surface area contributed by atoms with Crippen LogP contribution in [-0.4, -0.2) is 32.6 Å². The predicted octanol–water partition coefficient (Wildman–Crippen LogP) is 0.314. The third kappa shape index (κ3) is 4.94. The zero-order valence-corrected chi connectivity index (χ0v) is 10.2. The van der Waals surface area contributed by atoms with Crippen molar-refractivity contribution in [1.29, 1.82) is 0 Å². The molecule has 0 aliphatic carbocycles. The smallest absolute Gasteiger partial charge is 0.265 e. The number of halogens is 2. The van der Waals surface area contributed by atoms with E-state index in [0.717, 1.165) is 0 Å². The van der Waals surface area contributed by atoms with Gasteiger partial charge in [0.2, 0.25) is 10.0 Å². The summed E-state index contributed by atoms with van der Waals surface area (Å²) in [6.45, 7) is -0.720. The molecule has 1 aromatic carbocycles. The predicted molar refractivity (Wildman–Crippen MR) is 63.5 cm³/mol. The maximum Gasteiger partial charge on any atom is 0.265 e. The molecule has 0 aliphatic rings. The van der Waals surface area contributed by atoms with E-state index in [1.165, 1.54) is 6.07 Å². The second-order valence-corrected chi connectivity index (χ2v) is 5.56. The van der Waals surface area contributed by atoms with Crippen molar-refractivity contribution in [3.05, 3.63) is 29.8 Å². The fraction of sp³-hybridized carbons (Fsp3) is 0.400. The highest BCUT2D eigenvalue weighted by Gasteiger charge is 2.20. The van der Waals surface area contributed by atoms with E-state index in [9.17, 15) is 17.2 Å². The van der Waals surface area contributed by atoms with Crippen LogP contribution in [0.3, 0.4) is 0 Å². The SMILES string of the molecule is Nc1cccc(CS(=O)(=O)NCC(O)C(F)F)c1. The first kappa shape index (κ1) is 14.8. The molecule has 0 saturated carbocycles. The van der Waals surface area contributed by atoms with Gasteiger partial charge in [-0.3, -0.25) is 0 Å². The highest BCUT2D eigenvalue weighted by Crippen LogP contribution is 2.10. The Labute approximate surface area is 104 Å². The van der Waals surface area contributed by atoms with Gasteiger partial charge in [0.25, 0.3) is 6.43 Å². The molecule has 0 spiro atoms. The number of nitrogens with one attached hydrogen (secondary N) is 1. The fourth-order valence-corrected chi connectivity index (χ4v) is 2.40. The minimum Gasteiger partial charge on any atom is -0.399 e. The van der Waals surface area contributed by atoms with Gasteiger partial charge in [-0.1, -0.05) is 12.1 Å². The molecule has 102 valence electrons. The van der Waals surface area contributed by atoms with Crippen molar-refractivity contribution >= 4 is 15.7 Å². The topological polar surface area (TPSA) is 92.4 Å². The molecule has 8 heteroatoms. The Morgan fingerprint density at radius 2 is 2.06 bits per heavy atom. The van der Waals surface area contributed by atoms with Crippen molar-refractivity contribution in [1.82, 2.24) is 4.72 Å². The number of alkyl halides is 2. The van der Waals surface area contributed by atoms with E-state index in [1.807, 2.05) is 4.72 Å². The molecule has 0 fully saturated rings. The minimum absolute atomic E-state index is 0.381. The Morgan fingerprint density at radius 3 is 2.61 bits per heavy atom. The fourth-order valence-electron chi connectivity index (χ4n) is 1.25. The molecule has 1 rings (SSSR count). The summed E-state index contributed by atoms with van der Waals surface area (Å²) in [5, 5.41) is 8.80. The summed E-state index contributed by atoms with van der Waals surface area (Å²) in [4.78, 5) is 0. The van der Waals surface area contributed by atoms with Gasteiger partial charge < -0.3 is 10.8 Å². The quantitative estimate of drug-likeness (QED) is 0.654. The van der Waals surface area contributed by atoms with Gasteiger partial charge in [0.1, 0.15) is 6.10 Å². The van der Waals surface area contributed by atoms with Gasteiger partial charge in [0.05, 0.1) is 5.75 Å². The number of rotatable bonds is 6. The number of aliphatic hydroxyl groups excluding tert-OH is 1. The van der Waals surface area contributed by atoms with Gasteiger partial charge in [-0.05, 0) is 17.7 Å². The highest BCUT2D eigenvalue weighted by molar-refractivity contribution is 7.88. The van der Waals surface area contributed by atoms with E-state index >= 15 is 0 Å². The molecule has 0 heterocycles. The average Bonchev–Trinajstić information content (AvgIpc) is 2.25. The summed E-state index contributed by atoms with van der Waals surface area (Å²) < 4.78 is 48.9. The lowest BCUT2D eigenvalue weighted by Gasteiger charge is -2.11. The third-order valence-electron chi connectivity index (χ3n) is 2.11. The normalized spacial score (nSPS) is 13.8. The molecule has 0 saturated heterocycles. The number of nitrogen functional groups attached to an aromatic ring is 1. The van der Waals surface area contributed by atoms with Gasteiger partial charge in [0, 0.05) is 12.2 Å². The molecule has 0 amide bonds. The van der Waals surface area contributed by atoms with Crippen LogP contribution in [0.1, 0.15) is 5.56 Å². The van der Waals surface area contributed by atoms with E-state index in [1.54, 1.807) is 18.2 Å². The molecular formula is C10H14F2N2O3S. The van der Waals surface area contributed by atoms with E-state index in [0.29, 0.717) is 11.3 Å². The molecule has 0 aliphatic heterocycles. The number of sulfonamides is 1. The molecule has 0 aromatic heterocycles. The number of aliphatic hydroxyl groups is 1. The van der Waals surface area contributed by atoms with E-state index in [-0.39, 0.29) is 5.75 Å². The standard InChI is InChI=1S/C10H14F2N2O3S/c11-10(12)9(15)5-14-18(16,17)6-7-2-1-3-8(13)4-7/h1-4,9-10,14-15H,5-6,13H2. The molecule has 5 nitrogen and oxygen atoms in total. The number of benzene rings is 1. The zero-order chi connectivity index (χ0) is 13.8. The van der Waals surface area contributed by atoms with Crippen LogP contribution in [0.4, 0.5) is 14.5 Å². The number of nitrogens with two attached hydrogens (primary N) is 1. The molecule has 1 aromatic rings. The first-order valence-corrected chi connectivity index (χ1v) is 6.73. The van der Waals surface area contributed by atoms with E-state index in [4.69, 9.17) is 10.8 Å². The lowest BCUT2D eigenvalue weighted by atomic mass is 10.2. The molecular weight excluding hydrogens is 266 g/mol. The summed E-state index contributed by atoms with van der Waals surface area (Å²) in [7, 11) is -3.78. The van der Waals surface area contributed by atoms with Crippen LogP contribution in [0.25, 0.3) is 0 Å². The largest absolute Gasteiger partial charge is 0.399 e. The Balaban J connectivity index is 2.60. The monoisotopic (exact) mass is 280 g/mol. The molecule has 0 bridgehead atoms. The molecule has 0 radical (unpaired) electrons. The minimum atomic E-state index is -3.78. The van der Waals surface area contributed by atoms with Crippen molar-refractivity contribution in [2.45, 2.75) is 18.3 Å². The van der Waals surface area contributed by atoms with Crippen molar-refractivity contribution in [3.63, 3.8) is 0 Å². The summed E-state index contributed by atoms with van der Waals surface area (Å²) in [5.74, 6) is -0.381. The van der Waals surface area contributed by atoms with Crippen LogP contribution in [-0.2, 0) is 15.8 Å². The molecule has 4 N–H and O–H groups in total. The van der Waals surface area contributed by atoms with Crippen LogP contribution in [0, 0.1) is 0 Å². The average molecular weight is 280 g/mol. The van der Waals surface area contributed by atoms with Gasteiger partial charge in [-0.25, -0.2) is 21.9 Å². The maximum atomic E-state index is 12.0. The van der Waals surface area contributed by atoms with Gasteiger partial charge in [-0.15, -0.1) is 0 Å². The highest BCUT2D eigenvalue weighted by atomic mass is 32.2.